The molecule has 1 fully saturated rings. The van der Waals surface area contributed by atoms with Crippen LogP contribution in [0, 0.1) is 0 Å². The molecule has 0 aliphatic heterocycles. The number of carbonyl (C=O) groups is 2. The number of nitrogens with zero attached hydrogens (tertiary/aromatic N) is 1. The van der Waals surface area contributed by atoms with Crippen molar-refractivity contribution in [3.63, 3.8) is 0 Å². The summed E-state index contributed by atoms with van der Waals surface area (Å²) in [6, 6.07) is 0. The number of alkyl carbamates (subject to hydrolysis) is 1. The van der Waals surface area contributed by atoms with Gasteiger partial charge in [-0.25, -0.2) is 9.59 Å². The first kappa shape index (κ1) is 14.4. The van der Waals surface area contributed by atoms with Gasteiger partial charge in [-0.3, -0.25) is 5.10 Å². The summed E-state index contributed by atoms with van der Waals surface area (Å²) in [6.07, 6.45) is 3.17. The Bertz CT molecular complexity index is 506. The Kier molecular flexibility index (Phi) is 3.45. The van der Waals surface area contributed by atoms with Gasteiger partial charge in [-0.1, -0.05) is 0 Å². The van der Waals surface area contributed by atoms with Crippen LogP contribution in [0.2, 0.25) is 0 Å². The molecule has 2 rings (SSSR count). The maximum absolute atomic E-state index is 12.0. The summed E-state index contributed by atoms with van der Waals surface area (Å²) in [7, 11) is 1.30. The van der Waals surface area contributed by atoms with E-state index in [1.165, 1.54) is 7.11 Å². The predicted molar refractivity (Wildman–Crippen MR) is 70.1 cm³/mol. The van der Waals surface area contributed by atoms with Gasteiger partial charge in [0.25, 0.3) is 0 Å². The van der Waals surface area contributed by atoms with Crippen LogP contribution in [0.3, 0.4) is 0 Å². The zero-order valence-electron chi connectivity index (χ0n) is 12.0. The van der Waals surface area contributed by atoms with E-state index in [4.69, 9.17) is 9.47 Å². The summed E-state index contributed by atoms with van der Waals surface area (Å²) in [5.41, 5.74) is -0.825. The normalized spacial score (nSPS) is 24.9. The number of rotatable bonds is 3. The van der Waals surface area contributed by atoms with Crippen LogP contribution in [0.1, 0.15) is 38.7 Å². The van der Waals surface area contributed by atoms with Crippen LogP contribution in [0.4, 0.5) is 4.79 Å². The molecule has 0 aromatic carbocycles. The number of H-pyrrole nitrogens is 1. The molecule has 1 aromatic rings. The molecule has 1 aromatic heterocycles. The molecular weight excluding hydrogens is 262 g/mol. The lowest BCUT2D eigenvalue weighted by Crippen LogP contribution is -2.47. The third kappa shape index (κ3) is 2.76. The van der Waals surface area contributed by atoms with Gasteiger partial charge in [0, 0.05) is 12.1 Å². The van der Waals surface area contributed by atoms with Gasteiger partial charge >= 0.3 is 12.1 Å². The van der Waals surface area contributed by atoms with Crippen LogP contribution in [0.15, 0.2) is 12.4 Å². The van der Waals surface area contributed by atoms with Crippen molar-refractivity contribution in [1.82, 2.24) is 15.5 Å². The van der Waals surface area contributed by atoms with Gasteiger partial charge in [-0.15, -0.1) is 0 Å². The Morgan fingerprint density at radius 1 is 1.50 bits per heavy atom. The van der Waals surface area contributed by atoms with Gasteiger partial charge in [0.05, 0.1) is 13.3 Å². The summed E-state index contributed by atoms with van der Waals surface area (Å²) in [4.78, 5) is 23.9. The van der Waals surface area contributed by atoms with Crippen molar-refractivity contribution >= 4 is 12.1 Å². The molecule has 0 unspecified atom stereocenters. The van der Waals surface area contributed by atoms with Crippen LogP contribution < -0.4 is 5.32 Å². The zero-order valence-corrected chi connectivity index (χ0v) is 12.0. The Hall–Kier alpha value is -2.05. The van der Waals surface area contributed by atoms with Gasteiger partial charge in [-0.05, 0) is 32.8 Å². The number of aromatic amines is 1. The molecule has 7 heteroatoms. The molecule has 20 heavy (non-hydrogen) atoms. The molecule has 2 N–H and O–H groups in total. The van der Waals surface area contributed by atoms with Crippen molar-refractivity contribution in [3.8, 4) is 0 Å². The maximum atomic E-state index is 12.0. The number of amides is 1. The highest BCUT2D eigenvalue weighted by atomic mass is 16.6. The molecule has 0 bridgehead atoms. The number of hydrogen-bond acceptors (Lipinski definition) is 5. The minimum absolute atomic E-state index is 0.152. The molecule has 110 valence electrons. The molecule has 7 nitrogen and oxygen atoms in total. The average Bonchev–Trinajstić information content (AvgIpc) is 2.82. The second-order valence-corrected chi connectivity index (χ2v) is 5.88. The number of hydrogen-bond donors (Lipinski definition) is 2. The van der Waals surface area contributed by atoms with Gasteiger partial charge in [0.1, 0.15) is 11.1 Å². The number of carbonyl (C=O) groups excluding carboxylic acids is 2. The van der Waals surface area contributed by atoms with Gasteiger partial charge in [0.2, 0.25) is 0 Å². The van der Waals surface area contributed by atoms with Crippen LogP contribution >= 0.6 is 0 Å². The van der Waals surface area contributed by atoms with E-state index in [2.05, 4.69) is 15.5 Å². The number of ether oxygens (including phenoxy) is 2. The van der Waals surface area contributed by atoms with Gasteiger partial charge in [-0.2, -0.15) is 5.10 Å². The first-order valence-electron chi connectivity index (χ1n) is 6.37. The highest BCUT2D eigenvalue weighted by molar-refractivity contribution is 5.91. The Labute approximate surface area is 117 Å². The van der Waals surface area contributed by atoms with E-state index in [-0.39, 0.29) is 5.92 Å². The lowest BCUT2D eigenvalue weighted by molar-refractivity contribution is -0.144. The fourth-order valence-electron chi connectivity index (χ4n) is 2.20. The Morgan fingerprint density at radius 2 is 2.20 bits per heavy atom. The second kappa shape index (κ2) is 4.81. The quantitative estimate of drug-likeness (QED) is 0.815. The van der Waals surface area contributed by atoms with E-state index in [0.29, 0.717) is 6.42 Å². The number of nitrogens with one attached hydrogen (secondary N) is 2. The van der Waals surface area contributed by atoms with E-state index in [9.17, 15) is 9.59 Å². The van der Waals surface area contributed by atoms with E-state index in [1.54, 1.807) is 33.2 Å². The minimum atomic E-state index is -1.05. The lowest BCUT2D eigenvalue weighted by atomic mass is 10.1. The van der Waals surface area contributed by atoms with Crippen LogP contribution in [0.25, 0.3) is 0 Å². The third-order valence-electron chi connectivity index (χ3n) is 3.16. The monoisotopic (exact) mass is 281 g/mol. The first-order chi connectivity index (χ1) is 9.28. The summed E-state index contributed by atoms with van der Waals surface area (Å²) in [5, 5.41) is 9.18. The standard InChI is InChI=1S/C13H19N3O4/c1-12(2,3)20-11(18)16-13(10(17)19-4)5-9(13)8-6-14-15-7-8/h6-7,9H,5H2,1-4H3,(H,14,15)(H,16,18)/t9-,13+/m0/s1. The molecule has 1 saturated carbocycles. The molecule has 0 spiro atoms. The fraction of sp³-hybridized carbons (Fsp3) is 0.615. The third-order valence-corrected chi connectivity index (χ3v) is 3.16. The van der Waals surface area contributed by atoms with Crippen molar-refractivity contribution in [3.05, 3.63) is 18.0 Å². The first-order valence-corrected chi connectivity index (χ1v) is 6.37. The number of methoxy groups -OCH3 is 1. The van der Waals surface area contributed by atoms with Gasteiger partial charge in [0.15, 0.2) is 0 Å². The largest absolute Gasteiger partial charge is 0.467 e. The van der Waals surface area contributed by atoms with Crippen LogP contribution in [-0.2, 0) is 14.3 Å². The lowest BCUT2D eigenvalue weighted by Gasteiger charge is -2.23. The molecule has 0 saturated heterocycles. The molecule has 2 atom stereocenters. The van der Waals surface area contributed by atoms with Crippen molar-refractivity contribution in [2.24, 2.45) is 0 Å². The average molecular weight is 281 g/mol. The summed E-state index contributed by atoms with van der Waals surface area (Å²) < 4.78 is 9.99. The second-order valence-electron chi connectivity index (χ2n) is 5.88. The fourth-order valence-corrected chi connectivity index (χ4v) is 2.20. The van der Waals surface area contributed by atoms with E-state index < -0.39 is 23.2 Å². The predicted octanol–water partition coefficient (Wildman–Crippen LogP) is 1.33. The SMILES string of the molecule is COC(=O)[C@@]1(NC(=O)OC(C)(C)C)C[C@H]1c1cn[nH]c1. The van der Waals surface area contributed by atoms with Crippen molar-refractivity contribution in [2.45, 2.75) is 44.2 Å². The van der Waals surface area contributed by atoms with Crippen molar-refractivity contribution < 1.29 is 19.1 Å². The van der Waals surface area contributed by atoms with Crippen molar-refractivity contribution in [1.29, 1.82) is 0 Å². The molecule has 0 radical (unpaired) electrons. The molecule has 1 aliphatic carbocycles. The summed E-state index contributed by atoms with van der Waals surface area (Å²) in [5.74, 6) is -0.629. The Morgan fingerprint density at radius 3 is 2.70 bits per heavy atom. The van der Waals surface area contributed by atoms with Crippen molar-refractivity contribution in [2.75, 3.05) is 7.11 Å². The smallest absolute Gasteiger partial charge is 0.408 e. The highest BCUT2D eigenvalue weighted by Crippen LogP contribution is 2.52. The highest BCUT2D eigenvalue weighted by Gasteiger charge is 2.63. The minimum Gasteiger partial charge on any atom is -0.467 e. The Balaban J connectivity index is 2.11. The molecule has 1 aliphatic rings. The molecule has 1 amide bonds. The molecular formula is C13H19N3O4. The van der Waals surface area contributed by atoms with E-state index in [1.807, 2.05) is 0 Å². The van der Waals surface area contributed by atoms with Crippen LogP contribution in [0.5, 0.6) is 0 Å². The summed E-state index contributed by atoms with van der Waals surface area (Å²) >= 11 is 0. The van der Waals surface area contributed by atoms with Crippen LogP contribution in [-0.4, -0.2) is 40.5 Å². The van der Waals surface area contributed by atoms with Gasteiger partial charge < -0.3 is 14.8 Å². The zero-order chi connectivity index (χ0) is 15.0. The topological polar surface area (TPSA) is 93.3 Å². The van der Waals surface area contributed by atoms with E-state index >= 15 is 0 Å². The number of aromatic nitrogens is 2. The number of esters is 1. The maximum Gasteiger partial charge on any atom is 0.408 e. The van der Waals surface area contributed by atoms with E-state index in [0.717, 1.165) is 5.56 Å². The summed E-state index contributed by atoms with van der Waals surface area (Å²) in [6.45, 7) is 5.29. The molecule has 1 heterocycles.